The van der Waals surface area contributed by atoms with Gasteiger partial charge in [0.25, 0.3) is 0 Å². The molecular weight excluding hydrogens is 274 g/mol. The van der Waals surface area contributed by atoms with Gasteiger partial charge in [-0.25, -0.2) is 4.79 Å². The van der Waals surface area contributed by atoms with Crippen molar-refractivity contribution in [2.45, 2.75) is 51.9 Å². The second-order valence-corrected chi connectivity index (χ2v) is 5.10. The first kappa shape index (κ1) is 19.2. The Kier molecular flexibility index (Phi) is 11.0. The van der Waals surface area contributed by atoms with Crippen LogP contribution in [0.4, 0.5) is 4.79 Å². The lowest BCUT2D eigenvalue weighted by molar-refractivity contribution is -0.137. The van der Waals surface area contributed by atoms with E-state index < -0.39 is 5.97 Å². The van der Waals surface area contributed by atoms with E-state index >= 15 is 0 Å². The third kappa shape index (κ3) is 13.0. The minimum Gasteiger partial charge on any atom is -0.481 e. The van der Waals surface area contributed by atoms with Crippen molar-refractivity contribution in [1.82, 2.24) is 10.6 Å². The molecule has 0 saturated carbocycles. The highest BCUT2D eigenvalue weighted by Gasteiger charge is 2.09. The van der Waals surface area contributed by atoms with Gasteiger partial charge in [0.15, 0.2) is 0 Å². The van der Waals surface area contributed by atoms with Gasteiger partial charge < -0.3 is 21.5 Å². The first-order valence-corrected chi connectivity index (χ1v) is 7.47. The third-order valence-corrected chi connectivity index (χ3v) is 3.32. The molecule has 0 aliphatic rings. The van der Waals surface area contributed by atoms with Crippen LogP contribution in [-0.4, -0.2) is 36.1 Å². The first-order valence-electron chi connectivity index (χ1n) is 7.47. The van der Waals surface area contributed by atoms with Gasteiger partial charge in [0.2, 0.25) is 5.91 Å². The van der Waals surface area contributed by atoms with Gasteiger partial charge >= 0.3 is 12.0 Å². The first-order chi connectivity index (χ1) is 9.95. The molecule has 7 nitrogen and oxygen atoms in total. The number of nitrogens with one attached hydrogen (secondary N) is 2. The number of carbonyl (C=O) groups excluding carboxylic acids is 2. The minimum absolute atomic E-state index is 0.171. The lowest BCUT2D eigenvalue weighted by Gasteiger charge is -2.14. The number of aliphatic carboxylic acids is 1. The van der Waals surface area contributed by atoms with Gasteiger partial charge in [-0.3, -0.25) is 9.59 Å². The highest BCUT2D eigenvalue weighted by atomic mass is 16.4. The number of amides is 3. The van der Waals surface area contributed by atoms with E-state index in [2.05, 4.69) is 10.6 Å². The predicted octanol–water partition coefficient (Wildman–Crippen LogP) is 1.22. The summed E-state index contributed by atoms with van der Waals surface area (Å²) in [7, 11) is 0. The largest absolute Gasteiger partial charge is 0.481 e. The number of carbonyl (C=O) groups is 3. The molecule has 0 heterocycles. The monoisotopic (exact) mass is 301 g/mol. The van der Waals surface area contributed by atoms with Crippen molar-refractivity contribution in [3.05, 3.63) is 0 Å². The van der Waals surface area contributed by atoms with E-state index in [1.807, 2.05) is 6.92 Å². The van der Waals surface area contributed by atoms with Crippen molar-refractivity contribution in [1.29, 1.82) is 0 Å². The summed E-state index contributed by atoms with van der Waals surface area (Å²) in [6.45, 7) is 3.06. The molecule has 0 fully saturated rings. The summed E-state index contributed by atoms with van der Waals surface area (Å²) >= 11 is 0. The maximum Gasteiger partial charge on any atom is 0.314 e. The Labute approximate surface area is 125 Å². The van der Waals surface area contributed by atoms with Gasteiger partial charge in [-0.15, -0.1) is 0 Å². The number of carboxylic acids is 1. The van der Waals surface area contributed by atoms with Crippen LogP contribution in [0.25, 0.3) is 0 Å². The maximum atomic E-state index is 11.5. The Morgan fingerprint density at radius 1 is 1.05 bits per heavy atom. The molecule has 1 unspecified atom stereocenters. The fourth-order valence-electron chi connectivity index (χ4n) is 1.96. The Balaban J connectivity index is 3.58. The molecule has 0 bridgehead atoms. The number of urea groups is 1. The summed E-state index contributed by atoms with van der Waals surface area (Å²) in [4.78, 5) is 32.5. The van der Waals surface area contributed by atoms with Gasteiger partial charge in [-0.1, -0.05) is 13.3 Å². The highest BCUT2D eigenvalue weighted by molar-refractivity contribution is 5.74. The molecule has 3 amide bonds. The molecule has 0 aromatic rings. The molecule has 122 valence electrons. The Morgan fingerprint density at radius 3 is 2.29 bits per heavy atom. The molecule has 5 N–H and O–H groups in total. The van der Waals surface area contributed by atoms with Crippen molar-refractivity contribution in [2.75, 3.05) is 13.1 Å². The van der Waals surface area contributed by atoms with E-state index in [4.69, 9.17) is 10.8 Å². The SMILES string of the molecule is CCC(CCNC(=O)NCCCCC(N)=O)CCC(=O)O. The van der Waals surface area contributed by atoms with Crippen molar-refractivity contribution < 1.29 is 19.5 Å². The van der Waals surface area contributed by atoms with E-state index in [1.54, 1.807) is 0 Å². The number of rotatable bonds is 12. The zero-order valence-corrected chi connectivity index (χ0v) is 12.7. The van der Waals surface area contributed by atoms with E-state index in [0.29, 0.717) is 44.7 Å². The molecule has 0 aliphatic carbocycles. The van der Waals surface area contributed by atoms with Crippen molar-refractivity contribution in [3.8, 4) is 0 Å². The average molecular weight is 301 g/mol. The van der Waals surface area contributed by atoms with Gasteiger partial charge in [0.05, 0.1) is 0 Å². The molecule has 0 saturated heterocycles. The average Bonchev–Trinajstić information content (AvgIpc) is 2.41. The number of unbranched alkanes of at least 4 members (excludes halogenated alkanes) is 1. The molecule has 0 radical (unpaired) electrons. The minimum atomic E-state index is -0.782. The fraction of sp³-hybridized carbons (Fsp3) is 0.786. The van der Waals surface area contributed by atoms with Gasteiger partial charge in [0, 0.05) is 25.9 Å². The smallest absolute Gasteiger partial charge is 0.314 e. The van der Waals surface area contributed by atoms with Gasteiger partial charge in [-0.05, 0) is 31.6 Å². The summed E-state index contributed by atoms with van der Waals surface area (Å²) in [6, 6.07) is -0.234. The van der Waals surface area contributed by atoms with Crippen LogP contribution < -0.4 is 16.4 Å². The molecule has 1 atom stereocenters. The molecule has 0 rings (SSSR count). The molecule has 0 aromatic carbocycles. The summed E-state index contributed by atoms with van der Waals surface area (Å²) in [5.41, 5.74) is 5.01. The topological polar surface area (TPSA) is 122 Å². The molecule has 21 heavy (non-hydrogen) atoms. The van der Waals surface area contributed by atoms with Crippen LogP contribution in [-0.2, 0) is 9.59 Å². The van der Waals surface area contributed by atoms with E-state index in [1.165, 1.54) is 0 Å². The number of hydrogen-bond acceptors (Lipinski definition) is 3. The summed E-state index contributed by atoms with van der Waals surface area (Å²) in [5.74, 6) is -0.793. The maximum absolute atomic E-state index is 11.5. The van der Waals surface area contributed by atoms with Crippen LogP contribution in [0.15, 0.2) is 0 Å². The van der Waals surface area contributed by atoms with Crippen LogP contribution in [0.3, 0.4) is 0 Å². The Morgan fingerprint density at radius 2 is 1.71 bits per heavy atom. The lowest BCUT2D eigenvalue weighted by Crippen LogP contribution is -2.37. The predicted molar refractivity (Wildman–Crippen MR) is 79.7 cm³/mol. The zero-order valence-electron chi connectivity index (χ0n) is 12.7. The van der Waals surface area contributed by atoms with Crippen LogP contribution in [0.2, 0.25) is 0 Å². The molecular formula is C14H27N3O4. The van der Waals surface area contributed by atoms with Gasteiger partial charge in [-0.2, -0.15) is 0 Å². The quantitative estimate of drug-likeness (QED) is 0.405. The number of hydrogen-bond donors (Lipinski definition) is 4. The number of carboxylic acid groups (broad SMARTS) is 1. The molecule has 0 aromatic heterocycles. The fourth-order valence-corrected chi connectivity index (χ4v) is 1.96. The normalized spacial score (nSPS) is 11.7. The van der Waals surface area contributed by atoms with Crippen LogP contribution >= 0.6 is 0 Å². The van der Waals surface area contributed by atoms with Gasteiger partial charge in [0.1, 0.15) is 0 Å². The second kappa shape index (κ2) is 12.0. The standard InChI is InChI=1S/C14H27N3O4/c1-2-11(6-7-13(19)20)8-10-17-14(21)16-9-4-3-5-12(15)18/h11H,2-10H2,1H3,(H2,15,18)(H,19,20)(H2,16,17,21). The Hall–Kier alpha value is -1.79. The number of nitrogens with two attached hydrogens (primary N) is 1. The number of primary amides is 1. The van der Waals surface area contributed by atoms with E-state index in [9.17, 15) is 14.4 Å². The van der Waals surface area contributed by atoms with Crippen LogP contribution in [0.1, 0.15) is 51.9 Å². The lowest BCUT2D eigenvalue weighted by atomic mass is 9.97. The zero-order chi connectivity index (χ0) is 16.1. The van der Waals surface area contributed by atoms with Crippen molar-refractivity contribution >= 4 is 17.9 Å². The summed E-state index contributed by atoms with van der Waals surface area (Å²) in [6.07, 6.45) is 4.22. The van der Waals surface area contributed by atoms with Crippen molar-refractivity contribution in [2.24, 2.45) is 11.7 Å². The van der Waals surface area contributed by atoms with E-state index in [-0.39, 0.29) is 18.4 Å². The Bertz CT molecular complexity index is 334. The summed E-state index contributed by atoms with van der Waals surface area (Å²) in [5, 5.41) is 14.1. The molecule has 0 aliphatic heterocycles. The van der Waals surface area contributed by atoms with Crippen molar-refractivity contribution in [3.63, 3.8) is 0 Å². The third-order valence-electron chi connectivity index (χ3n) is 3.32. The molecule has 7 heteroatoms. The van der Waals surface area contributed by atoms with E-state index in [0.717, 1.165) is 12.8 Å². The van der Waals surface area contributed by atoms with Crippen LogP contribution in [0.5, 0.6) is 0 Å². The highest BCUT2D eigenvalue weighted by Crippen LogP contribution is 2.14. The molecule has 0 spiro atoms. The van der Waals surface area contributed by atoms with Crippen LogP contribution in [0, 0.1) is 5.92 Å². The summed E-state index contributed by atoms with van der Waals surface area (Å²) < 4.78 is 0. The second-order valence-electron chi connectivity index (χ2n) is 5.10.